The first-order valence-corrected chi connectivity index (χ1v) is 16.6. The van der Waals surface area contributed by atoms with Gasteiger partial charge in [-0.15, -0.1) is 0 Å². The van der Waals surface area contributed by atoms with Crippen molar-refractivity contribution in [1.82, 2.24) is 25.1 Å². The molecule has 0 saturated carbocycles. The third kappa shape index (κ3) is 8.84. The Morgan fingerprint density at radius 2 is 1.45 bits per heavy atom. The van der Waals surface area contributed by atoms with E-state index < -0.39 is 29.7 Å². The molecule has 0 unspecified atom stereocenters. The Balaban J connectivity index is 1.20. The van der Waals surface area contributed by atoms with Crippen molar-refractivity contribution >= 4 is 29.5 Å². The molecule has 262 valence electrons. The van der Waals surface area contributed by atoms with Crippen LogP contribution in [0, 0.1) is 5.92 Å². The van der Waals surface area contributed by atoms with Gasteiger partial charge in [-0.05, 0) is 56.5 Å². The van der Waals surface area contributed by atoms with Crippen molar-refractivity contribution in [1.29, 1.82) is 0 Å². The van der Waals surface area contributed by atoms with Gasteiger partial charge in [0.15, 0.2) is 0 Å². The number of hydrogen-bond acceptors (Lipinski definition) is 8. The van der Waals surface area contributed by atoms with Crippen molar-refractivity contribution in [2.24, 2.45) is 5.92 Å². The molecule has 0 spiro atoms. The third-order valence-electron chi connectivity index (χ3n) is 8.32. The molecular weight excluding hydrogens is 628 g/mol. The van der Waals surface area contributed by atoms with E-state index in [2.05, 4.69) is 20.6 Å². The molecule has 0 radical (unpaired) electrons. The summed E-state index contributed by atoms with van der Waals surface area (Å²) in [5.41, 5.74) is 3.61. The van der Waals surface area contributed by atoms with E-state index in [1.54, 1.807) is 46.0 Å². The molecule has 2 aliphatic rings. The highest BCUT2D eigenvalue weighted by molar-refractivity contribution is 5.98. The lowest BCUT2D eigenvalue weighted by atomic mass is 10.0. The fourth-order valence-corrected chi connectivity index (χ4v) is 5.77. The van der Waals surface area contributed by atoms with Crippen LogP contribution in [0.5, 0.6) is 0 Å². The van der Waals surface area contributed by atoms with Crippen molar-refractivity contribution in [3.05, 3.63) is 60.6 Å². The van der Waals surface area contributed by atoms with Gasteiger partial charge in [0.25, 0.3) is 0 Å². The number of amides is 4. The number of aromatic amines is 1. The number of rotatable bonds is 8. The molecule has 13 nitrogen and oxygen atoms in total. The zero-order valence-electron chi connectivity index (χ0n) is 28.9. The Morgan fingerprint density at radius 1 is 0.857 bits per heavy atom. The fraction of sp³-hybridized carbons (Fsp3) is 0.472. The molecular formula is C36H46N6O7. The summed E-state index contributed by atoms with van der Waals surface area (Å²) in [6.07, 6.45) is 1.07. The van der Waals surface area contributed by atoms with Crippen LogP contribution in [0.15, 0.2) is 54.7 Å². The van der Waals surface area contributed by atoms with Crippen LogP contribution in [0.4, 0.5) is 10.5 Å². The van der Waals surface area contributed by atoms with Gasteiger partial charge in [0.05, 0.1) is 38.3 Å². The Bertz CT molecular complexity index is 1630. The van der Waals surface area contributed by atoms with E-state index in [4.69, 9.17) is 14.2 Å². The van der Waals surface area contributed by atoms with Crippen LogP contribution < -0.4 is 10.6 Å². The van der Waals surface area contributed by atoms with E-state index in [0.29, 0.717) is 31.3 Å². The molecule has 0 aliphatic carbocycles. The number of benzene rings is 2. The second-order valence-electron chi connectivity index (χ2n) is 13.6. The zero-order chi connectivity index (χ0) is 35.3. The molecule has 2 aliphatic heterocycles. The molecule has 1 aromatic heterocycles. The molecule has 13 heteroatoms. The topological polar surface area (TPSA) is 155 Å². The molecule has 5 rings (SSSR count). The smallest absolute Gasteiger partial charge is 0.408 e. The monoisotopic (exact) mass is 674 g/mol. The van der Waals surface area contributed by atoms with E-state index >= 15 is 0 Å². The number of hydrogen-bond donors (Lipinski definition) is 3. The number of alkyl carbamates (subject to hydrolysis) is 1. The number of imidazole rings is 1. The summed E-state index contributed by atoms with van der Waals surface area (Å²) in [6.45, 7) is 12.6. The van der Waals surface area contributed by atoms with Gasteiger partial charge >= 0.3 is 6.09 Å². The first kappa shape index (κ1) is 35.6. The second-order valence-corrected chi connectivity index (χ2v) is 13.6. The molecule has 2 fully saturated rings. The van der Waals surface area contributed by atoms with Gasteiger partial charge in [0.1, 0.15) is 29.6 Å². The largest absolute Gasteiger partial charge is 0.444 e. The number of anilines is 1. The van der Waals surface area contributed by atoms with Gasteiger partial charge in [-0.2, -0.15) is 0 Å². The number of ether oxygens (including phenoxy) is 3. The molecule has 3 N–H and O–H groups in total. The first-order valence-electron chi connectivity index (χ1n) is 16.6. The number of H-pyrrole nitrogens is 1. The lowest BCUT2D eigenvalue weighted by Gasteiger charge is -2.36. The van der Waals surface area contributed by atoms with Crippen LogP contribution in [0.1, 0.15) is 53.4 Å². The van der Waals surface area contributed by atoms with Crippen molar-refractivity contribution in [3.8, 4) is 22.4 Å². The maximum Gasteiger partial charge on any atom is 0.408 e. The number of nitrogens with zero attached hydrogens (tertiary/aromatic N) is 3. The summed E-state index contributed by atoms with van der Waals surface area (Å²) in [5, 5.41) is 5.45. The summed E-state index contributed by atoms with van der Waals surface area (Å²) < 4.78 is 16.5. The van der Waals surface area contributed by atoms with Gasteiger partial charge in [0.2, 0.25) is 17.7 Å². The Labute approximate surface area is 286 Å². The molecule has 3 heterocycles. The van der Waals surface area contributed by atoms with Gasteiger partial charge < -0.3 is 39.6 Å². The van der Waals surface area contributed by atoms with Crippen LogP contribution in [0.3, 0.4) is 0 Å². The highest BCUT2D eigenvalue weighted by atomic mass is 16.6. The molecule has 3 aromatic rings. The van der Waals surface area contributed by atoms with Crippen molar-refractivity contribution < 1.29 is 33.4 Å². The normalized spacial score (nSPS) is 18.9. The second kappa shape index (κ2) is 15.2. The lowest BCUT2D eigenvalue weighted by Crippen LogP contribution is -2.58. The summed E-state index contributed by atoms with van der Waals surface area (Å²) in [4.78, 5) is 62.7. The van der Waals surface area contributed by atoms with Crippen molar-refractivity contribution in [3.63, 3.8) is 0 Å². The van der Waals surface area contributed by atoms with Gasteiger partial charge in [-0.3, -0.25) is 14.4 Å². The molecule has 3 atom stereocenters. The Morgan fingerprint density at radius 3 is 2.08 bits per heavy atom. The quantitative estimate of drug-likeness (QED) is 0.318. The zero-order valence-corrected chi connectivity index (χ0v) is 28.9. The molecule has 4 amide bonds. The van der Waals surface area contributed by atoms with E-state index in [1.165, 1.54) is 4.90 Å². The number of morpholine rings is 2. The Kier molecular flexibility index (Phi) is 11.0. The minimum Gasteiger partial charge on any atom is -0.444 e. The maximum absolute atomic E-state index is 13.3. The van der Waals surface area contributed by atoms with E-state index in [1.807, 2.05) is 55.1 Å². The van der Waals surface area contributed by atoms with Crippen molar-refractivity contribution in [2.75, 3.05) is 44.8 Å². The Hall–Kier alpha value is -4.75. The van der Waals surface area contributed by atoms with Crippen LogP contribution in [0.2, 0.25) is 0 Å². The van der Waals surface area contributed by atoms with E-state index in [0.717, 1.165) is 22.4 Å². The van der Waals surface area contributed by atoms with E-state index in [9.17, 15) is 19.2 Å². The average molecular weight is 675 g/mol. The molecule has 0 bridgehead atoms. The highest BCUT2D eigenvalue weighted by Gasteiger charge is 2.36. The summed E-state index contributed by atoms with van der Waals surface area (Å²) in [5.74, 6) is -0.105. The van der Waals surface area contributed by atoms with Crippen LogP contribution >= 0.6 is 0 Å². The van der Waals surface area contributed by atoms with Crippen LogP contribution in [-0.4, -0.2) is 101 Å². The number of carbonyl (C=O) groups excluding carboxylic acids is 4. The number of carbonyl (C=O) groups is 4. The van der Waals surface area contributed by atoms with Gasteiger partial charge in [-0.25, -0.2) is 9.78 Å². The molecule has 2 aromatic carbocycles. The minimum absolute atomic E-state index is 0.0434. The lowest BCUT2D eigenvalue weighted by molar-refractivity contribution is -0.147. The molecule has 2 saturated heterocycles. The van der Waals surface area contributed by atoms with Gasteiger partial charge in [-0.1, -0.05) is 50.2 Å². The average Bonchev–Trinajstić information content (AvgIpc) is 3.57. The first-order chi connectivity index (χ1) is 23.3. The SMILES string of the molecule is CC(C)C(=O)N1CCOC[C@H]1c1ncc(-c2ccc(-c3ccc(NC(=O)[C@@H]4COCCN4C(=O)[C@@H](C)NC(=O)OC(C)(C)C)cc3)cc2)[nH]1. The summed E-state index contributed by atoms with van der Waals surface area (Å²) in [7, 11) is 0. The third-order valence-corrected chi connectivity index (χ3v) is 8.32. The highest BCUT2D eigenvalue weighted by Crippen LogP contribution is 2.29. The predicted molar refractivity (Wildman–Crippen MR) is 183 cm³/mol. The van der Waals surface area contributed by atoms with Crippen LogP contribution in [-0.2, 0) is 28.6 Å². The maximum atomic E-state index is 13.3. The minimum atomic E-state index is -0.888. The summed E-state index contributed by atoms with van der Waals surface area (Å²) >= 11 is 0. The molecule has 49 heavy (non-hydrogen) atoms. The fourth-order valence-electron chi connectivity index (χ4n) is 5.77. The standard InChI is InChI=1S/C36H46N6O7/c1-22(2)33(44)41-15-17-47-20-29(41)31-37-19-28(40-31)26-9-7-24(8-10-26)25-11-13-27(14-12-25)39-32(43)30-21-48-18-16-42(30)34(45)23(3)38-35(46)49-36(4,5)6/h7-14,19,22-23,29-30H,15-18,20-21H2,1-6H3,(H,37,40)(H,38,46)(H,39,43)/t23-,29+,30+/m1/s1. The number of nitrogens with one attached hydrogen (secondary N) is 3. The van der Waals surface area contributed by atoms with Crippen LogP contribution in [0.25, 0.3) is 22.4 Å². The predicted octanol–water partition coefficient (Wildman–Crippen LogP) is 4.38. The summed E-state index contributed by atoms with van der Waals surface area (Å²) in [6, 6.07) is 13.5. The number of aromatic nitrogens is 2. The van der Waals surface area contributed by atoms with Crippen molar-refractivity contribution in [2.45, 2.75) is 65.3 Å². The van der Waals surface area contributed by atoms with E-state index in [-0.39, 0.29) is 43.5 Å². The van der Waals surface area contributed by atoms with Gasteiger partial charge in [0, 0.05) is 24.7 Å².